The molecule has 6 nitrogen and oxygen atoms in total. The second-order valence-electron chi connectivity index (χ2n) is 7.65. The quantitative estimate of drug-likeness (QED) is 0.757. The predicted molar refractivity (Wildman–Crippen MR) is 110 cm³/mol. The van der Waals surface area contributed by atoms with Crippen molar-refractivity contribution in [3.8, 4) is 0 Å². The lowest BCUT2D eigenvalue weighted by Crippen LogP contribution is -2.48. The maximum Gasteiger partial charge on any atom is 0.376 e. The van der Waals surface area contributed by atoms with Crippen molar-refractivity contribution in [3.63, 3.8) is 0 Å². The SMILES string of the molecule is CB(O)N1CCC(C2(c3ccc(S(=O)(=O)c4ccccc4)cc3)OCCO2)CC1. The third-order valence-electron chi connectivity index (χ3n) is 5.93. The molecular weight excluding hydrogens is 389 g/mol. The van der Waals surface area contributed by atoms with E-state index in [1.165, 1.54) is 0 Å². The van der Waals surface area contributed by atoms with Crippen LogP contribution in [0.25, 0.3) is 0 Å². The molecule has 4 rings (SSSR count). The molecule has 0 bridgehead atoms. The number of hydrogen-bond acceptors (Lipinski definition) is 6. The zero-order chi connectivity index (χ0) is 20.5. The van der Waals surface area contributed by atoms with E-state index in [-0.39, 0.29) is 15.7 Å². The van der Waals surface area contributed by atoms with E-state index >= 15 is 0 Å². The van der Waals surface area contributed by atoms with Gasteiger partial charge in [-0.15, -0.1) is 0 Å². The van der Waals surface area contributed by atoms with E-state index in [4.69, 9.17) is 9.47 Å². The van der Waals surface area contributed by atoms with Gasteiger partial charge in [-0.2, -0.15) is 0 Å². The fourth-order valence-corrected chi connectivity index (χ4v) is 5.60. The van der Waals surface area contributed by atoms with Gasteiger partial charge in [-0.1, -0.05) is 30.3 Å². The van der Waals surface area contributed by atoms with Gasteiger partial charge in [0.25, 0.3) is 0 Å². The van der Waals surface area contributed by atoms with Crippen molar-refractivity contribution in [1.29, 1.82) is 0 Å². The topological polar surface area (TPSA) is 76.1 Å². The third kappa shape index (κ3) is 3.87. The molecule has 2 aromatic carbocycles. The standard InChI is InChI=1S/C21H26BNO5S/c1-22(24)23-13-11-18(12-14-23)21(27-15-16-28-21)17-7-9-20(10-8-17)29(25,26)19-5-3-2-4-6-19/h2-10,18,24H,11-16H2,1H3. The molecule has 154 valence electrons. The van der Waals surface area contributed by atoms with Gasteiger partial charge >= 0.3 is 7.05 Å². The van der Waals surface area contributed by atoms with Crippen molar-refractivity contribution in [3.05, 3.63) is 60.2 Å². The summed E-state index contributed by atoms with van der Waals surface area (Å²) in [6.45, 7) is 4.36. The number of benzene rings is 2. The molecule has 2 aromatic rings. The highest BCUT2D eigenvalue weighted by Gasteiger charge is 2.47. The minimum atomic E-state index is -3.56. The molecule has 0 aromatic heterocycles. The molecule has 0 radical (unpaired) electrons. The smallest absolute Gasteiger partial charge is 0.376 e. The number of piperidine rings is 1. The van der Waals surface area contributed by atoms with Crippen molar-refractivity contribution in [2.75, 3.05) is 26.3 Å². The Kier molecular flexibility index (Phi) is 5.81. The Morgan fingerprint density at radius 1 is 0.966 bits per heavy atom. The second kappa shape index (κ2) is 8.20. The van der Waals surface area contributed by atoms with Crippen LogP contribution < -0.4 is 0 Å². The summed E-state index contributed by atoms with van der Waals surface area (Å²) in [4.78, 5) is 2.57. The number of nitrogens with zero attached hydrogens (tertiary/aromatic N) is 1. The Hall–Kier alpha value is -1.71. The third-order valence-corrected chi connectivity index (χ3v) is 7.72. The number of rotatable bonds is 5. The maximum absolute atomic E-state index is 12.9. The molecule has 0 spiro atoms. The molecular formula is C21H26BNO5S. The number of ether oxygens (including phenoxy) is 2. The van der Waals surface area contributed by atoms with Crippen molar-refractivity contribution >= 4 is 16.9 Å². The lowest BCUT2D eigenvalue weighted by Gasteiger charge is -2.41. The molecule has 0 amide bonds. The fourth-order valence-electron chi connectivity index (χ4n) is 4.32. The minimum absolute atomic E-state index is 0.150. The summed E-state index contributed by atoms with van der Waals surface area (Å²) in [5.74, 6) is -0.698. The van der Waals surface area contributed by atoms with Gasteiger partial charge in [0.15, 0.2) is 5.79 Å². The van der Waals surface area contributed by atoms with Crippen LogP contribution in [0.1, 0.15) is 18.4 Å². The molecule has 29 heavy (non-hydrogen) atoms. The average Bonchev–Trinajstić information content (AvgIpc) is 3.26. The van der Waals surface area contributed by atoms with E-state index in [0.29, 0.717) is 13.2 Å². The molecule has 8 heteroatoms. The van der Waals surface area contributed by atoms with E-state index in [2.05, 4.69) is 0 Å². The molecule has 1 N–H and O–H groups in total. The minimum Gasteiger partial charge on any atom is -0.437 e. The average molecular weight is 415 g/mol. The summed E-state index contributed by atoms with van der Waals surface area (Å²) in [5.41, 5.74) is 0.845. The van der Waals surface area contributed by atoms with Gasteiger partial charge in [-0.3, -0.25) is 0 Å². The van der Waals surface area contributed by atoms with Gasteiger partial charge < -0.3 is 19.3 Å². The van der Waals surface area contributed by atoms with E-state index in [1.807, 2.05) is 16.9 Å². The van der Waals surface area contributed by atoms with Crippen LogP contribution in [0, 0.1) is 5.92 Å². The Labute approximate surface area is 172 Å². The van der Waals surface area contributed by atoms with Crippen molar-refractivity contribution in [2.24, 2.45) is 5.92 Å². The van der Waals surface area contributed by atoms with Crippen LogP contribution in [0.2, 0.25) is 6.82 Å². The Balaban J connectivity index is 1.60. The van der Waals surface area contributed by atoms with Crippen LogP contribution in [0.15, 0.2) is 64.4 Å². The monoisotopic (exact) mass is 415 g/mol. The van der Waals surface area contributed by atoms with Crippen LogP contribution in [0.5, 0.6) is 0 Å². The Morgan fingerprint density at radius 3 is 2.07 bits per heavy atom. The number of hydrogen-bond donors (Lipinski definition) is 1. The predicted octanol–water partition coefficient (Wildman–Crippen LogP) is 2.54. The Bertz CT molecular complexity index is 919. The molecule has 0 saturated carbocycles. The highest BCUT2D eigenvalue weighted by Crippen LogP contribution is 2.43. The lowest BCUT2D eigenvalue weighted by molar-refractivity contribution is -0.212. The van der Waals surface area contributed by atoms with Gasteiger partial charge in [0.2, 0.25) is 9.84 Å². The van der Waals surface area contributed by atoms with Gasteiger partial charge in [0, 0.05) is 11.5 Å². The zero-order valence-corrected chi connectivity index (χ0v) is 17.3. The first-order chi connectivity index (χ1) is 13.9. The van der Waals surface area contributed by atoms with Crippen molar-refractivity contribution in [1.82, 2.24) is 4.81 Å². The zero-order valence-electron chi connectivity index (χ0n) is 16.5. The molecule has 0 atom stereocenters. The first-order valence-corrected chi connectivity index (χ1v) is 11.5. The maximum atomic E-state index is 12.9. The molecule has 2 heterocycles. The molecule has 0 aliphatic carbocycles. The summed E-state index contributed by atoms with van der Waals surface area (Å²) in [6.07, 6.45) is 1.68. The highest BCUT2D eigenvalue weighted by atomic mass is 32.2. The highest BCUT2D eigenvalue weighted by molar-refractivity contribution is 7.91. The van der Waals surface area contributed by atoms with Crippen molar-refractivity contribution < 1.29 is 22.9 Å². The van der Waals surface area contributed by atoms with Gasteiger partial charge in [0.05, 0.1) is 23.0 Å². The molecule has 0 unspecified atom stereocenters. The summed E-state index contributed by atoms with van der Waals surface area (Å²) < 4.78 is 38.0. The van der Waals surface area contributed by atoms with Crippen molar-refractivity contribution in [2.45, 2.75) is 35.2 Å². The van der Waals surface area contributed by atoms with Gasteiger partial charge in [0.1, 0.15) is 0 Å². The second-order valence-corrected chi connectivity index (χ2v) is 9.60. The summed E-state index contributed by atoms with van der Waals surface area (Å²) in [5, 5.41) is 9.82. The normalized spacial score (nSPS) is 20.6. The van der Waals surface area contributed by atoms with Crippen LogP contribution in [0.3, 0.4) is 0 Å². The lowest BCUT2D eigenvalue weighted by atomic mass is 9.77. The summed E-state index contributed by atoms with van der Waals surface area (Å²) >= 11 is 0. The molecule has 2 saturated heterocycles. The number of sulfone groups is 1. The van der Waals surface area contributed by atoms with Crippen LogP contribution in [-0.2, 0) is 25.1 Å². The van der Waals surface area contributed by atoms with Crippen LogP contribution in [-0.4, -0.2) is 51.6 Å². The van der Waals surface area contributed by atoms with E-state index in [0.717, 1.165) is 31.5 Å². The van der Waals surface area contributed by atoms with Gasteiger partial charge in [-0.25, -0.2) is 8.42 Å². The van der Waals surface area contributed by atoms with E-state index in [9.17, 15) is 13.4 Å². The first-order valence-electron chi connectivity index (χ1n) is 10.0. The van der Waals surface area contributed by atoms with Gasteiger partial charge in [-0.05, 0) is 57.0 Å². The van der Waals surface area contributed by atoms with Crippen LogP contribution >= 0.6 is 0 Å². The molecule has 2 aliphatic heterocycles. The molecule has 2 aliphatic rings. The van der Waals surface area contributed by atoms with E-state index < -0.39 is 22.7 Å². The summed E-state index contributed by atoms with van der Waals surface area (Å²) in [7, 11) is -4.02. The Morgan fingerprint density at radius 2 is 1.52 bits per heavy atom. The summed E-state index contributed by atoms with van der Waals surface area (Å²) in [6, 6.07) is 15.3. The molecule has 2 fully saturated rings. The first kappa shape index (κ1) is 20.6. The fraction of sp³-hybridized carbons (Fsp3) is 0.429. The largest absolute Gasteiger partial charge is 0.437 e. The van der Waals surface area contributed by atoms with Crippen LogP contribution in [0.4, 0.5) is 0 Å². The van der Waals surface area contributed by atoms with E-state index in [1.54, 1.807) is 49.3 Å².